The number of benzene rings is 1. The maximum absolute atomic E-state index is 5.45. The highest BCUT2D eigenvalue weighted by molar-refractivity contribution is 7.80. The first kappa shape index (κ1) is 17.0. The monoisotopic (exact) mass is 332 g/mol. The summed E-state index contributed by atoms with van der Waals surface area (Å²) < 4.78 is 0. The van der Waals surface area contributed by atoms with Crippen LogP contribution in [0.15, 0.2) is 41.8 Å². The second-order valence-electron chi connectivity index (χ2n) is 5.30. The first-order chi connectivity index (χ1) is 10.7. The number of hydrogen-bond donors (Lipinski definition) is 2. The molecular weight excluding hydrogens is 308 g/mol. The molecule has 0 aliphatic heterocycles. The molecule has 0 aliphatic carbocycles. The van der Waals surface area contributed by atoms with Crippen molar-refractivity contribution in [1.29, 1.82) is 0 Å². The number of nitrogens with one attached hydrogen (secondary N) is 2. The van der Waals surface area contributed by atoms with Crippen molar-refractivity contribution in [2.24, 2.45) is 0 Å². The van der Waals surface area contributed by atoms with Crippen LogP contribution in [0.25, 0.3) is 0 Å². The Labute approximate surface area is 143 Å². The lowest BCUT2D eigenvalue weighted by atomic mass is 10.0. The summed E-state index contributed by atoms with van der Waals surface area (Å²) in [5, 5.41) is 9.59. The summed E-state index contributed by atoms with van der Waals surface area (Å²) in [5.74, 6) is 0. The summed E-state index contributed by atoms with van der Waals surface area (Å²) in [4.78, 5) is 1.28. The van der Waals surface area contributed by atoms with Crippen molar-refractivity contribution in [2.75, 3.05) is 6.54 Å². The van der Waals surface area contributed by atoms with Gasteiger partial charge in [0.15, 0.2) is 5.11 Å². The summed E-state index contributed by atoms with van der Waals surface area (Å²) >= 11 is 7.20. The van der Waals surface area contributed by atoms with Crippen molar-refractivity contribution in [3.05, 3.63) is 57.8 Å². The van der Waals surface area contributed by atoms with Crippen LogP contribution in [0.5, 0.6) is 0 Å². The molecule has 118 valence electrons. The predicted octanol–water partition coefficient (Wildman–Crippen LogP) is 4.66. The second-order valence-corrected chi connectivity index (χ2v) is 6.68. The number of hydrogen-bond acceptors (Lipinski definition) is 2. The summed E-state index contributed by atoms with van der Waals surface area (Å²) in [6.07, 6.45) is 3.37. The molecule has 0 radical (unpaired) electrons. The standard InChI is InChI=1S/C18H24N2S2/c1-3-5-12-19-18(21)20-17(16-7-6-13-22-16)15-10-8-14(4-2)9-11-15/h6-11,13,17H,3-5,12H2,1-2H3,(H2,19,20,21)/t17-/m1/s1. The molecule has 4 heteroatoms. The van der Waals surface area contributed by atoms with E-state index in [-0.39, 0.29) is 6.04 Å². The minimum atomic E-state index is 0.118. The van der Waals surface area contributed by atoms with E-state index < -0.39 is 0 Å². The molecule has 1 aromatic heterocycles. The highest BCUT2D eigenvalue weighted by Crippen LogP contribution is 2.26. The average molecular weight is 333 g/mol. The van der Waals surface area contributed by atoms with E-state index in [1.165, 1.54) is 22.4 Å². The molecule has 0 unspecified atom stereocenters. The largest absolute Gasteiger partial charge is 0.363 e. The van der Waals surface area contributed by atoms with Crippen LogP contribution in [0.2, 0.25) is 0 Å². The van der Waals surface area contributed by atoms with Crippen molar-refractivity contribution < 1.29 is 0 Å². The Morgan fingerprint density at radius 1 is 1.18 bits per heavy atom. The van der Waals surface area contributed by atoms with Gasteiger partial charge in [-0.3, -0.25) is 0 Å². The summed E-state index contributed by atoms with van der Waals surface area (Å²) in [5.41, 5.74) is 2.61. The van der Waals surface area contributed by atoms with E-state index in [2.05, 4.69) is 66.3 Å². The fourth-order valence-electron chi connectivity index (χ4n) is 2.28. The Balaban J connectivity index is 2.11. The third-order valence-corrected chi connectivity index (χ3v) is 4.84. The SMILES string of the molecule is CCCCNC(=S)N[C@H](c1ccc(CC)cc1)c1cccs1. The zero-order chi connectivity index (χ0) is 15.8. The second kappa shape index (κ2) is 8.91. The molecule has 1 aromatic carbocycles. The van der Waals surface area contributed by atoms with Gasteiger partial charge in [-0.25, -0.2) is 0 Å². The van der Waals surface area contributed by atoms with Crippen molar-refractivity contribution in [3.63, 3.8) is 0 Å². The zero-order valence-electron chi connectivity index (χ0n) is 13.3. The van der Waals surface area contributed by atoms with Crippen molar-refractivity contribution in [1.82, 2.24) is 10.6 Å². The average Bonchev–Trinajstić information content (AvgIpc) is 3.07. The Morgan fingerprint density at radius 3 is 2.55 bits per heavy atom. The van der Waals surface area contributed by atoms with E-state index >= 15 is 0 Å². The van der Waals surface area contributed by atoms with E-state index in [9.17, 15) is 0 Å². The van der Waals surface area contributed by atoms with Gasteiger partial charge in [-0.05, 0) is 47.6 Å². The Hall–Kier alpha value is -1.39. The molecular formula is C18H24N2S2. The molecule has 0 amide bonds. The van der Waals surface area contributed by atoms with Gasteiger partial charge in [-0.2, -0.15) is 0 Å². The third-order valence-electron chi connectivity index (χ3n) is 3.64. The number of rotatable bonds is 7. The Morgan fingerprint density at radius 2 is 1.95 bits per heavy atom. The van der Waals surface area contributed by atoms with Crippen molar-refractivity contribution in [2.45, 2.75) is 39.2 Å². The predicted molar refractivity (Wildman–Crippen MR) is 101 cm³/mol. The number of thiophene rings is 1. The van der Waals surface area contributed by atoms with Crippen molar-refractivity contribution >= 4 is 28.7 Å². The number of aryl methyl sites for hydroxylation is 1. The molecule has 0 saturated heterocycles. The Kier molecular flexibility index (Phi) is 6.87. The quantitative estimate of drug-likeness (QED) is 0.569. The maximum atomic E-state index is 5.45. The lowest BCUT2D eigenvalue weighted by Gasteiger charge is -2.20. The van der Waals surface area contributed by atoms with Crippen LogP contribution >= 0.6 is 23.6 Å². The first-order valence-electron chi connectivity index (χ1n) is 7.91. The molecule has 1 heterocycles. The Bertz CT molecular complexity index is 561. The first-order valence-corrected chi connectivity index (χ1v) is 9.20. The summed E-state index contributed by atoms with van der Waals surface area (Å²) in [6.45, 7) is 5.28. The smallest absolute Gasteiger partial charge is 0.167 e. The topological polar surface area (TPSA) is 24.1 Å². The molecule has 2 nitrogen and oxygen atoms in total. The van der Waals surface area contributed by atoms with Crippen LogP contribution in [-0.4, -0.2) is 11.7 Å². The molecule has 2 N–H and O–H groups in total. The number of thiocarbonyl (C=S) groups is 1. The van der Waals surface area contributed by atoms with Gasteiger partial charge in [0.1, 0.15) is 0 Å². The third kappa shape index (κ3) is 4.82. The summed E-state index contributed by atoms with van der Waals surface area (Å²) in [7, 11) is 0. The molecule has 2 aromatic rings. The molecule has 0 bridgehead atoms. The van der Waals surface area contributed by atoms with Crippen LogP contribution in [-0.2, 0) is 6.42 Å². The van der Waals surface area contributed by atoms with Crippen LogP contribution in [0, 0.1) is 0 Å². The lowest BCUT2D eigenvalue weighted by Crippen LogP contribution is -2.38. The van der Waals surface area contributed by atoms with Crippen LogP contribution < -0.4 is 10.6 Å². The van der Waals surface area contributed by atoms with Crippen LogP contribution in [0.3, 0.4) is 0 Å². The van der Waals surface area contributed by atoms with Crippen LogP contribution in [0.1, 0.15) is 48.7 Å². The van der Waals surface area contributed by atoms with Gasteiger partial charge in [0.25, 0.3) is 0 Å². The molecule has 2 rings (SSSR count). The normalized spacial score (nSPS) is 11.9. The van der Waals surface area contributed by atoms with Gasteiger partial charge < -0.3 is 10.6 Å². The van der Waals surface area contributed by atoms with Gasteiger partial charge in [0.05, 0.1) is 6.04 Å². The zero-order valence-corrected chi connectivity index (χ0v) is 14.9. The van der Waals surface area contributed by atoms with E-state index in [1.54, 1.807) is 11.3 Å². The molecule has 22 heavy (non-hydrogen) atoms. The van der Waals surface area contributed by atoms with E-state index in [4.69, 9.17) is 12.2 Å². The van der Waals surface area contributed by atoms with E-state index in [0.717, 1.165) is 24.5 Å². The molecule has 0 fully saturated rings. The summed E-state index contributed by atoms with van der Waals surface area (Å²) in [6, 6.07) is 13.2. The molecule has 0 spiro atoms. The van der Waals surface area contributed by atoms with Gasteiger partial charge >= 0.3 is 0 Å². The van der Waals surface area contributed by atoms with E-state index in [0.29, 0.717) is 0 Å². The van der Waals surface area contributed by atoms with Crippen LogP contribution in [0.4, 0.5) is 0 Å². The highest BCUT2D eigenvalue weighted by atomic mass is 32.1. The van der Waals surface area contributed by atoms with Gasteiger partial charge in [-0.1, -0.05) is 50.6 Å². The molecule has 1 atom stereocenters. The van der Waals surface area contributed by atoms with Gasteiger partial charge in [0.2, 0.25) is 0 Å². The van der Waals surface area contributed by atoms with Gasteiger partial charge in [0, 0.05) is 11.4 Å². The lowest BCUT2D eigenvalue weighted by molar-refractivity contribution is 0.713. The van der Waals surface area contributed by atoms with Crippen molar-refractivity contribution in [3.8, 4) is 0 Å². The van der Waals surface area contributed by atoms with Gasteiger partial charge in [-0.15, -0.1) is 11.3 Å². The molecule has 0 saturated carbocycles. The fraction of sp³-hybridized carbons (Fsp3) is 0.389. The fourth-order valence-corrected chi connectivity index (χ4v) is 3.30. The highest BCUT2D eigenvalue weighted by Gasteiger charge is 2.16. The van der Waals surface area contributed by atoms with E-state index in [1.807, 2.05) is 0 Å². The number of unbranched alkanes of at least 4 members (excludes halogenated alkanes) is 1. The minimum absolute atomic E-state index is 0.118. The molecule has 0 aliphatic rings. The minimum Gasteiger partial charge on any atom is -0.363 e. The maximum Gasteiger partial charge on any atom is 0.167 e.